The van der Waals surface area contributed by atoms with Crippen molar-refractivity contribution < 1.29 is 17.9 Å². The zero-order chi connectivity index (χ0) is 21.8. The minimum atomic E-state index is -2.96. The second-order valence-corrected chi connectivity index (χ2v) is 7.30. The summed E-state index contributed by atoms with van der Waals surface area (Å²) in [7, 11) is 0. The van der Waals surface area contributed by atoms with Crippen LogP contribution in [-0.4, -0.2) is 21.5 Å². The van der Waals surface area contributed by atoms with Gasteiger partial charge in [-0.3, -0.25) is 4.68 Å². The molecule has 0 radical (unpaired) electrons. The number of aryl methyl sites for hydroxylation is 2. The monoisotopic (exact) mass is 454 g/mol. The smallest absolute Gasteiger partial charge is 0.387 e. The molecule has 5 nitrogen and oxygen atoms in total. The van der Waals surface area contributed by atoms with Gasteiger partial charge in [-0.1, -0.05) is 23.7 Å². The Morgan fingerprint density at radius 3 is 2.67 bits per heavy atom. The van der Waals surface area contributed by atoms with Gasteiger partial charge >= 0.3 is 6.61 Å². The molecule has 0 amide bonds. The van der Waals surface area contributed by atoms with Crippen molar-refractivity contribution in [3.63, 3.8) is 0 Å². The van der Waals surface area contributed by atoms with Crippen LogP contribution >= 0.6 is 23.8 Å². The van der Waals surface area contributed by atoms with Gasteiger partial charge < -0.3 is 15.4 Å². The quantitative estimate of drug-likeness (QED) is 0.464. The van der Waals surface area contributed by atoms with Crippen LogP contribution < -0.4 is 15.4 Å². The first kappa shape index (κ1) is 21.9. The highest BCUT2D eigenvalue weighted by atomic mass is 35.5. The van der Waals surface area contributed by atoms with E-state index in [-0.39, 0.29) is 23.1 Å². The average Bonchev–Trinajstić information content (AvgIpc) is 2.99. The minimum absolute atomic E-state index is 0.0231. The van der Waals surface area contributed by atoms with Crippen molar-refractivity contribution in [2.75, 3.05) is 10.6 Å². The fourth-order valence-corrected chi connectivity index (χ4v) is 3.20. The molecule has 0 aliphatic heterocycles. The van der Waals surface area contributed by atoms with E-state index in [4.69, 9.17) is 23.8 Å². The van der Waals surface area contributed by atoms with E-state index in [0.29, 0.717) is 16.4 Å². The molecular formula is C20H18ClF3N4OS. The van der Waals surface area contributed by atoms with Gasteiger partial charge in [0.15, 0.2) is 10.9 Å². The van der Waals surface area contributed by atoms with Gasteiger partial charge in [0.25, 0.3) is 0 Å². The van der Waals surface area contributed by atoms with E-state index in [1.54, 1.807) is 42.8 Å². The van der Waals surface area contributed by atoms with Crippen LogP contribution in [-0.2, 0) is 6.54 Å². The number of rotatable bonds is 6. The van der Waals surface area contributed by atoms with E-state index in [2.05, 4.69) is 20.5 Å². The van der Waals surface area contributed by atoms with Gasteiger partial charge in [0.05, 0.1) is 12.2 Å². The van der Waals surface area contributed by atoms with Gasteiger partial charge in [0.1, 0.15) is 11.6 Å². The summed E-state index contributed by atoms with van der Waals surface area (Å²) < 4.78 is 45.5. The SMILES string of the molecule is Cc1ccc(NC(=S)Nc2cc(C)n(Cc3c(F)cccc3Cl)n2)c(OC(F)F)c1. The Balaban J connectivity index is 1.72. The molecule has 0 aliphatic rings. The maximum atomic E-state index is 14.0. The van der Waals surface area contributed by atoms with Gasteiger partial charge in [0.2, 0.25) is 0 Å². The number of aromatic nitrogens is 2. The van der Waals surface area contributed by atoms with Crippen LogP contribution in [0.5, 0.6) is 5.75 Å². The summed E-state index contributed by atoms with van der Waals surface area (Å²) >= 11 is 11.3. The molecule has 0 fully saturated rings. The van der Waals surface area contributed by atoms with E-state index in [1.165, 1.54) is 18.2 Å². The molecule has 0 bridgehead atoms. The first-order valence-corrected chi connectivity index (χ1v) is 9.62. The summed E-state index contributed by atoms with van der Waals surface area (Å²) in [6.45, 7) is 0.745. The lowest BCUT2D eigenvalue weighted by Gasteiger charge is -2.14. The molecule has 0 spiro atoms. The molecule has 10 heteroatoms. The second-order valence-electron chi connectivity index (χ2n) is 6.49. The fourth-order valence-electron chi connectivity index (χ4n) is 2.76. The molecule has 2 N–H and O–H groups in total. The van der Waals surface area contributed by atoms with Gasteiger partial charge in [-0.25, -0.2) is 4.39 Å². The third kappa shape index (κ3) is 5.43. The van der Waals surface area contributed by atoms with E-state index in [1.807, 2.05) is 0 Å². The van der Waals surface area contributed by atoms with Crippen molar-refractivity contribution in [1.82, 2.24) is 9.78 Å². The molecular weight excluding hydrogens is 437 g/mol. The predicted octanol–water partition coefficient (Wildman–Crippen LogP) is 5.75. The summed E-state index contributed by atoms with van der Waals surface area (Å²) in [5.74, 6) is -0.0408. The molecule has 0 aliphatic carbocycles. The third-order valence-corrected chi connectivity index (χ3v) is 4.75. The second kappa shape index (κ2) is 9.36. The summed E-state index contributed by atoms with van der Waals surface area (Å²) in [5, 5.41) is 10.5. The lowest BCUT2D eigenvalue weighted by atomic mass is 10.2. The molecule has 3 rings (SSSR count). The predicted molar refractivity (Wildman–Crippen MR) is 115 cm³/mol. The number of nitrogens with zero attached hydrogens (tertiary/aromatic N) is 2. The molecule has 1 heterocycles. The Morgan fingerprint density at radius 1 is 1.20 bits per heavy atom. The Morgan fingerprint density at radius 2 is 1.97 bits per heavy atom. The molecule has 2 aromatic carbocycles. The Hall–Kier alpha value is -2.78. The zero-order valence-electron chi connectivity index (χ0n) is 16.0. The highest BCUT2D eigenvalue weighted by Gasteiger charge is 2.14. The third-order valence-electron chi connectivity index (χ3n) is 4.19. The van der Waals surface area contributed by atoms with Crippen molar-refractivity contribution in [2.24, 2.45) is 0 Å². The van der Waals surface area contributed by atoms with Crippen LogP contribution in [0.15, 0.2) is 42.5 Å². The zero-order valence-corrected chi connectivity index (χ0v) is 17.6. The van der Waals surface area contributed by atoms with Crippen molar-refractivity contribution in [2.45, 2.75) is 27.0 Å². The summed E-state index contributed by atoms with van der Waals surface area (Å²) in [5.41, 5.74) is 2.12. The Bertz CT molecular complexity index is 1050. The fraction of sp³-hybridized carbons (Fsp3) is 0.200. The topological polar surface area (TPSA) is 51.1 Å². The molecule has 0 saturated carbocycles. The molecule has 30 heavy (non-hydrogen) atoms. The van der Waals surface area contributed by atoms with Crippen molar-refractivity contribution in [3.8, 4) is 5.75 Å². The van der Waals surface area contributed by atoms with Crippen molar-refractivity contribution in [1.29, 1.82) is 0 Å². The number of hydrogen-bond donors (Lipinski definition) is 2. The molecule has 0 atom stereocenters. The lowest BCUT2D eigenvalue weighted by molar-refractivity contribution is -0.0493. The number of hydrogen-bond acceptors (Lipinski definition) is 3. The number of halogens is 4. The largest absolute Gasteiger partial charge is 0.433 e. The normalized spacial score (nSPS) is 10.9. The Labute approximate surface area is 181 Å². The number of nitrogens with one attached hydrogen (secondary N) is 2. The van der Waals surface area contributed by atoms with Gasteiger partial charge in [-0.2, -0.15) is 13.9 Å². The maximum absolute atomic E-state index is 14.0. The first-order valence-electron chi connectivity index (χ1n) is 8.83. The average molecular weight is 455 g/mol. The maximum Gasteiger partial charge on any atom is 0.387 e. The van der Waals surface area contributed by atoms with E-state index >= 15 is 0 Å². The molecule has 0 unspecified atom stereocenters. The standard InChI is InChI=1S/C20H18ClF3N4OS/c1-11-6-7-16(17(8-11)29-19(23)24)25-20(30)26-18-9-12(2)28(27-18)10-13-14(21)4-3-5-15(13)22/h3-9,19H,10H2,1-2H3,(H2,25,26,27,30). The van der Waals surface area contributed by atoms with Crippen LogP contribution in [0.4, 0.5) is 24.7 Å². The van der Waals surface area contributed by atoms with Gasteiger partial charge in [-0.15, -0.1) is 0 Å². The van der Waals surface area contributed by atoms with Crippen molar-refractivity contribution in [3.05, 3.63) is 70.1 Å². The highest BCUT2D eigenvalue weighted by molar-refractivity contribution is 7.80. The van der Waals surface area contributed by atoms with E-state index in [9.17, 15) is 13.2 Å². The van der Waals surface area contributed by atoms with Gasteiger partial charge in [-0.05, 0) is 55.9 Å². The first-order chi connectivity index (χ1) is 14.2. The van der Waals surface area contributed by atoms with Crippen LogP contribution in [0.1, 0.15) is 16.8 Å². The molecule has 158 valence electrons. The Kier molecular flexibility index (Phi) is 6.84. The van der Waals surface area contributed by atoms with Crippen LogP contribution in [0.2, 0.25) is 5.02 Å². The summed E-state index contributed by atoms with van der Waals surface area (Å²) in [4.78, 5) is 0. The highest BCUT2D eigenvalue weighted by Crippen LogP contribution is 2.28. The summed E-state index contributed by atoms with van der Waals surface area (Å²) in [6.07, 6.45) is 0. The minimum Gasteiger partial charge on any atom is -0.433 e. The summed E-state index contributed by atoms with van der Waals surface area (Å²) in [6, 6.07) is 11.0. The molecule has 0 saturated heterocycles. The molecule has 1 aromatic heterocycles. The molecule has 3 aromatic rings. The van der Waals surface area contributed by atoms with Crippen LogP contribution in [0.25, 0.3) is 0 Å². The van der Waals surface area contributed by atoms with Crippen LogP contribution in [0.3, 0.4) is 0 Å². The van der Waals surface area contributed by atoms with E-state index < -0.39 is 12.4 Å². The van der Waals surface area contributed by atoms with Crippen molar-refractivity contribution >= 4 is 40.4 Å². The number of alkyl halides is 2. The van der Waals surface area contributed by atoms with E-state index in [0.717, 1.165) is 11.3 Å². The number of thiocarbonyl (C=S) groups is 1. The van der Waals surface area contributed by atoms with Crippen LogP contribution in [0, 0.1) is 19.7 Å². The number of benzene rings is 2. The number of ether oxygens (including phenoxy) is 1. The number of anilines is 2. The lowest BCUT2D eigenvalue weighted by Crippen LogP contribution is -2.20. The van der Waals surface area contributed by atoms with Gasteiger partial charge in [0, 0.05) is 22.3 Å².